The second-order valence-corrected chi connectivity index (χ2v) is 5.68. The quantitative estimate of drug-likeness (QED) is 0.769. The lowest BCUT2D eigenvalue weighted by molar-refractivity contribution is 0.328. The normalized spacial score (nSPS) is 22.6. The lowest BCUT2D eigenvalue weighted by Crippen LogP contribution is -2.38. The number of hydrogen-bond acceptors (Lipinski definition) is 3. The van der Waals surface area contributed by atoms with E-state index in [-0.39, 0.29) is 5.56 Å². The zero-order chi connectivity index (χ0) is 13.1. The van der Waals surface area contributed by atoms with Crippen LogP contribution >= 0.6 is 11.6 Å². The van der Waals surface area contributed by atoms with E-state index in [1.807, 2.05) is 11.9 Å². The van der Waals surface area contributed by atoms with E-state index in [4.69, 9.17) is 11.6 Å². The number of nitrogens with zero attached hydrogens (tertiary/aromatic N) is 3. The van der Waals surface area contributed by atoms with Crippen molar-refractivity contribution in [3.63, 3.8) is 0 Å². The smallest absolute Gasteiger partial charge is 0.293 e. The summed E-state index contributed by atoms with van der Waals surface area (Å²) in [6.07, 6.45) is 6.49. The molecule has 0 saturated heterocycles. The van der Waals surface area contributed by atoms with Gasteiger partial charge in [0, 0.05) is 37.9 Å². The third-order valence-corrected chi connectivity index (χ3v) is 3.79. The van der Waals surface area contributed by atoms with Gasteiger partial charge in [-0.1, -0.05) is 6.92 Å². The predicted molar refractivity (Wildman–Crippen MR) is 74.4 cm³/mol. The average molecular weight is 270 g/mol. The van der Waals surface area contributed by atoms with Gasteiger partial charge in [0.25, 0.3) is 5.56 Å². The van der Waals surface area contributed by atoms with Gasteiger partial charge in [-0.05, 0) is 25.2 Å². The highest BCUT2D eigenvalue weighted by atomic mass is 35.5. The molecule has 1 aliphatic rings. The first-order valence-electron chi connectivity index (χ1n) is 6.52. The highest BCUT2D eigenvalue weighted by Crippen LogP contribution is 2.32. The number of aryl methyl sites for hydroxylation is 1. The second-order valence-electron chi connectivity index (χ2n) is 5.06. The number of rotatable bonds is 5. The standard InChI is InChI=1S/C13H20ClN3O/c1-3-5-17-6-4-15-12(13(17)18)16(2)9-10-7-11(14)8-10/h4,6,10-11H,3,5,7-9H2,1-2H3. The average Bonchev–Trinajstić information content (AvgIpc) is 2.30. The fourth-order valence-electron chi connectivity index (χ4n) is 2.39. The van der Waals surface area contributed by atoms with Crippen molar-refractivity contribution in [2.45, 2.75) is 38.1 Å². The van der Waals surface area contributed by atoms with E-state index in [1.54, 1.807) is 17.0 Å². The summed E-state index contributed by atoms with van der Waals surface area (Å²) in [6.45, 7) is 3.67. The molecule has 4 nitrogen and oxygen atoms in total. The van der Waals surface area contributed by atoms with E-state index in [0.717, 1.165) is 32.4 Å². The molecule has 0 aromatic carbocycles. The zero-order valence-electron chi connectivity index (χ0n) is 11.0. The maximum atomic E-state index is 12.2. The van der Waals surface area contributed by atoms with Crippen molar-refractivity contribution < 1.29 is 0 Å². The molecular formula is C13H20ClN3O. The minimum atomic E-state index is 0.00333. The van der Waals surface area contributed by atoms with Gasteiger partial charge in [0.2, 0.25) is 0 Å². The SMILES string of the molecule is CCCn1ccnc(N(C)CC2CC(Cl)C2)c1=O. The Morgan fingerprint density at radius 3 is 2.89 bits per heavy atom. The highest BCUT2D eigenvalue weighted by Gasteiger charge is 2.28. The Hall–Kier alpha value is -1.03. The van der Waals surface area contributed by atoms with Gasteiger partial charge in [-0.2, -0.15) is 0 Å². The van der Waals surface area contributed by atoms with Gasteiger partial charge in [-0.15, -0.1) is 11.6 Å². The largest absolute Gasteiger partial charge is 0.355 e. The van der Waals surface area contributed by atoms with E-state index >= 15 is 0 Å². The Morgan fingerprint density at radius 2 is 2.28 bits per heavy atom. The third-order valence-electron chi connectivity index (χ3n) is 3.43. The van der Waals surface area contributed by atoms with Gasteiger partial charge in [-0.25, -0.2) is 4.98 Å². The molecule has 1 aromatic heterocycles. The Kier molecular flexibility index (Phi) is 4.27. The van der Waals surface area contributed by atoms with Crippen LogP contribution in [0, 0.1) is 5.92 Å². The monoisotopic (exact) mass is 269 g/mol. The van der Waals surface area contributed by atoms with Crippen LogP contribution in [0.4, 0.5) is 5.82 Å². The van der Waals surface area contributed by atoms with Gasteiger partial charge >= 0.3 is 0 Å². The summed E-state index contributed by atoms with van der Waals surface area (Å²) in [7, 11) is 1.93. The van der Waals surface area contributed by atoms with Gasteiger partial charge < -0.3 is 9.47 Å². The maximum absolute atomic E-state index is 12.2. The van der Waals surface area contributed by atoms with E-state index in [9.17, 15) is 4.79 Å². The Balaban J connectivity index is 2.07. The second kappa shape index (κ2) is 5.74. The first-order chi connectivity index (χ1) is 8.61. The maximum Gasteiger partial charge on any atom is 0.293 e. The summed E-state index contributed by atoms with van der Waals surface area (Å²) >= 11 is 5.97. The van der Waals surface area contributed by atoms with Crippen LogP contribution in [0.3, 0.4) is 0 Å². The number of hydrogen-bond donors (Lipinski definition) is 0. The van der Waals surface area contributed by atoms with Crippen molar-refractivity contribution >= 4 is 17.4 Å². The minimum absolute atomic E-state index is 0.00333. The lowest BCUT2D eigenvalue weighted by atomic mass is 9.84. The van der Waals surface area contributed by atoms with Crippen molar-refractivity contribution in [3.8, 4) is 0 Å². The number of aromatic nitrogens is 2. The van der Waals surface area contributed by atoms with Crippen LogP contribution in [-0.4, -0.2) is 28.5 Å². The summed E-state index contributed by atoms with van der Waals surface area (Å²) in [6, 6.07) is 0. The molecule has 1 saturated carbocycles. The predicted octanol–water partition coefficient (Wildman–Crippen LogP) is 2.11. The fourth-order valence-corrected chi connectivity index (χ4v) is 2.90. The molecule has 0 N–H and O–H groups in total. The van der Waals surface area contributed by atoms with Gasteiger partial charge in [0.15, 0.2) is 5.82 Å². The molecule has 0 aliphatic heterocycles. The molecule has 5 heteroatoms. The van der Waals surface area contributed by atoms with E-state index < -0.39 is 0 Å². The Labute approximate surface area is 113 Å². The van der Waals surface area contributed by atoms with Crippen molar-refractivity contribution in [1.29, 1.82) is 0 Å². The Morgan fingerprint density at radius 1 is 1.56 bits per heavy atom. The van der Waals surface area contributed by atoms with Crippen LogP contribution in [0.15, 0.2) is 17.2 Å². The molecule has 0 atom stereocenters. The molecule has 0 spiro atoms. The summed E-state index contributed by atoms with van der Waals surface area (Å²) in [5.41, 5.74) is 0.00333. The van der Waals surface area contributed by atoms with Gasteiger partial charge in [0.05, 0.1) is 0 Å². The fraction of sp³-hybridized carbons (Fsp3) is 0.692. The first-order valence-corrected chi connectivity index (χ1v) is 6.96. The zero-order valence-corrected chi connectivity index (χ0v) is 11.7. The van der Waals surface area contributed by atoms with Crippen LogP contribution in [0.2, 0.25) is 0 Å². The van der Waals surface area contributed by atoms with Crippen LogP contribution in [0.5, 0.6) is 0 Å². The van der Waals surface area contributed by atoms with E-state index in [1.165, 1.54) is 0 Å². The molecule has 0 radical (unpaired) electrons. The van der Waals surface area contributed by atoms with Crippen LogP contribution < -0.4 is 10.5 Å². The van der Waals surface area contributed by atoms with Crippen LogP contribution in [-0.2, 0) is 6.54 Å². The number of alkyl halides is 1. The molecule has 1 aromatic rings. The van der Waals surface area contributed by atoms with Crippen molar-refractivity contribution in [3.05, 3.63) is 22.7 Å². The summed E-state index contributed by atoms with van der Waals surface area (Å²) < 4.78 is 1.73. The molecule has 1 aliphatic carbocycles. The molecule has 0 unspecified atom stereocenters. The molecule has 0 bridgehead atoms. The molecule has 18 heavy (non-hydrogen) atoms. The van der Waals surface area contributed by atoms with Gasteiger partial charge in [-0.3, -0.25) is 4.79 Å². The molecule has 1 fully saturated rings. The van der Waals surface area contributed by atoms with Crippen molar-refractivity contribution in [1.82, 2.24) is 9.55 Å². The van der Waals surface area contributed by atoms with Gasteiger partial charge in [0.1, 0.15) is 0 Å². The van der Waals surface area contributed by atoms with E-state index in [0.29, 0.717) is 17.1 Å². The Bertz CT molecular complexity index is 454. The first kappa shape index (κ1) is 13.4. The highest BCUT2D eigenvalue weighted by molar-refractivity contribution is 6.21. The molecule has 2 rings (SSSR count). The lowest BCUT2D eigenvalue weighted by Gasteiger charge is -2.34. The van der Waals surface area contributed by atoms with E-state index in [2.05, 4.69) is 11.9 Å². The molecular weight excluding hydrogens is 250 g/mol. The number of anilines is 1. The van der Waals surface area contributed by atoms with Crippen LogP contribution in [0.25, 0.3) is 0 Å². The van der Waals surface area contributed by atoms with Crippen molar-refractivity contribution in [2.24, 2.45) is 5.92 Å². The topological polar surface area (TPSA) is 38.1 Å². The molecule has 100 valence electrons. The summed E-state index contributed by atoms with van der Waals surface area (Å²) in [5, 5.41) is 0.323. The number of halogens is 1. The third kappa shape index (κ3) is 2.86. The minimum Gasteiger partial charge on any atom is -0.355 e. The molecule has 0 amide bonds. The summed E-state index contributed by atoms with van der Waals surface area (Å²) in [4.78, 5) is 18.4. The van der Waals surface area contributed by atoms with Crippen LogP contribution in [0.1, 0.15) is 26.2 Å². The van der Waals surface area contributed by atoms with Crippen molar-refractivity contribution in [2.75, 3.05) is 18.5 Å². The summed E-state index contributed by atoms with van der Waals surface area (Å²) in [5.74, 6) is 1.14. The molecule has 1 heterocycles.